The van der Waals surface area contributed by atoms with Crippen molar-refractivity contribution in [1.82, 2.24) is 25.3 Å². The van der Waals surface area contributed by atoms with Crippen LogP contribution in [0.2, 0.25) is 0 Å². The van der Waals surface area contributed by atoms with Gasteiger partial charge in [-0.15, -0.1) is 0 Å². The number of nitrogens with one attached hydrogen (secondary N) is 2. The summed E-state index contributed by atoms with van der Waals surface area (Å²) in [6.07, 6.45) is 4.59. The zero-order valence-electron chi connectivity index (χ0n) is 16.7. The Labute approximate surface area is 153 Å². The molecule has 0 aromatic carbocycles. The van der Waals surface area contributed by atoms with E-state index in [-0.39, 0.29) is 0 Å². The molecule has 0 radical (unpaired) electrons. The summed E-state index contributed by atoms with van der Waals surface area (Å²) in [7, 11) is 2.01. The van der Waals surface area contributed by atoms with Gasteiger partial charge in [0.1, 0.15) is 0 Å². The van der Waals surface area contributed by atoms with Crippen LogP contribution in [0.15, 0.2) is 4.99 Å². The predicted octanol–water partition coefficient (Wildman–Crippen LogP) is 2.01. The van der Waals surface area contributed by atoms with Gasteiger partial charge in [0.15, 0.2) is 5.96 Å². The van der Waals surface area contributed by atoms with Crippen molar-refractivity contribution in [1.29, 1.82) is 0 Å². The average Bonchev–Trinajstić information content (AvgIpc) is 2.83. The van der Waals surface area contributed by atoms with Crippen LogP contribution >= 0.6 is 0 Å². The minimum Gasteiger partial charge on any atom is -0.357 e. The third kappa shape index (κ3) is 5.73. The Bertz CT molecular complexity index is 555. The first kappa shape index (κ1) is 19.8. The molecular formula is C19H36N6. The summed E-state index contributed by atoms with van der Waals surface area (Å²) in [6.45, 7) is 13.9. The van der Waals surface area contributed by atoms with Crippen molar-refractivity contribution in [2.24, 2.45) is 12.0 Å². The molecule has 0 amide bonds. The molecule has 25 heavy (non-hydrogen) atoms. The molecule has 1 aliphatic rings. The van der Waals surface area contributed by atoms with E-state index >= 15 is 0 Å². The topological polar surface area (TPSA) is 57.5 Å². The summed E-state index contributed by atoms with van der Waals surface area (Å²) >= 11 is 0. The number of aryl methyl sites for hydroxylation is 2. The van der Waals surface area contributed by atoms with Gasteiger partial charge in [-0.2, -0.15) is 5.10 Å². The average molecular weight is 349 g/mol. The monoisotopic (exact) mass is 348 g/mol. The van der Waals surface area contributed by atoms with E-state index in [1.165, 1.54) is 50.2 Å². The molecule has 1 aromatic heterocycles. The van der Waals surface area contributed by atoms with Crippen LogP contribution in [0.25, 0.3) is 0 Å². The number of hydrogen-bond acceptors (Lipinski definition) is 3. The van der Waals surface area contributed by atoms with Crippen LogP contribution in [0, 0.1) is 13.8 Å². The summed E-state index contributed by atoms with van der Waals surface area (Å²) in [5.41, 5.74) is 3.69. The Morgan fingerprint density at radius 1 is 1.24 bits per heavy atom. The minimum atomic E-state index is 0.535. The maximum Gasteiger partial charge on any atom is 0.191 e. The normalized spacial score (nSPS) is 17.1. The molecule has 0 aliphatic carbocycles. The molecule has 0 bridgehead atoms. The van der Waals surface area contributed by atoms with Gasteiger partial charge in [-0.25, -0.2) is 0 Å². The highest BCUT2D eigenvalue weighted by atomic mass is 15.3. The van der Waals surface area contributed by atoms with Crippen molar-refractivity contribution in [2.45, 2.75) is 59.4 Å². The molecule has 6 nitrogen and oxygen atoms in total. The molecule has 1 aromatic rings. The number of aromatic nitrogens is 2. The lowest BCUT2D eigenvalue weighted by Crippen LogP contribution is -2.48. The van der Waals surface area contributed by atoms with E-state index in [0.717, 1.165) is 31.2 Å². The van der Waals surface area contributed by atoms with Crippen LogP contribution in [0.4, 0.5) is 0 Å². The van der Waals surface area contributed by atoms with Crippen molar-refractivity contribution in [2.75, 3.05) is 32.7 Å². The highest BCUT2D eigenvalue weighted by Crippen LogP contribution is 2.13. The second-order valence-corrected chi connectivity index (χ2v) is 7.04. The molecule has 0 unspecified atom stereocenters. The second kappa shape index (κ2) is 9.80. The highest BCUT2D eigenvalue weighted by Gasteiger charge is 2.19. The van der Waals surface area contributed by atoms with Gasteiger partial charge >= 0.3 is 0 Å². The Kier molecular flexibility index (Phi) is 7.75. The fourth-order valence-electron chi connectivity index (χ4n) is 3.59. The molecule has 2 heterocycles. The number of likely N-dealkylation sites (tertiary alicyclic amines) is 1. The lowest BCUT2D eigenvalue weighted by molar-refractivity contribution is 0.206. The van der Waals surface area contributed by atoms with Crippen molar-refractivity contribution < 1.29 is 0 Å². The molecule has 142 valence electrons. The first-order valence-corrected chi connectivity index (χ1v) is 9.81. The summed E-state index contributed by atoms with van der Waals surface area (Å²) in [4.78, 5) is 7.36. The van der Waals surface area contributed by atoms with Crippen LogP contribution in [0.5, 0.6) is 0 Å². The van der Waals surface area contributed by atoms with Gasteiger partial charge in [-0.05, 0) is 58.6 Å². The van der Waals surface area contributed by atoms with Gasteiger partial charge in [0, 0.05) is 45.0 Å². The quantitative estimate of drug-likeness (QED) is 0.585. The van der Waals surface area contributed by atoms with Crippen LogP contribution in [0.3, 0.4) is 0 Å². The van der Waals surface area contributed by atoms with Gasteiger partial charge in [0.05, 0.1) is 5.69 Å². The van der Waals surface area contributed by atoms with Crippen LogP contribution in [-0.2, 0) is 13.5 Å². The van der Waals surface area contributed by atoms with Crippen molar-refractivity contribution in [3.05, 3.63) is 17.0 Å². The van der Waals surface area contributed by atoms with Crippen LogP contribution in [-0.4, -0.2) is 59.4 Å². The summed E-state index contributed by atoms with van der Waals surface area (Å²) < 4.78 is 1.96. The molecule has 1 fully saturated rings. The van der Waals surface area contributed by atoms with Crippen molar-refractivity contribution >= 4 is 5.96 Å². The van der Waals surface area contributed by atoms with Crippen molar-refractivity contribution in [3.63, 3.8) is 0 Å². The van der Waals surface area contributed by atoms with E-state index in [4.69, 9.17) is 4.99 Å². The zero-order chi connectivity index (χ0) is 18.2. The Morgan fingerprint density at radius 3 is 2.52 bits per heavy atom. The van der Waals surface area contributed by atoms with Crippen LogP contribution < -0.4 is 10.6 Å². The van der Waals surface area contributed by atoms with E-state index in [2.05, 4.69) is 48.3 Å². The summed E-state index contributed by atoms with van der Waals surface area (Å²) in [6, 6.07) is 0.535. The van der Waals surface area contributed by atoms with E-state index < -0.39 is 0 Å². The summed E-state index contributed by atoms with van der Waals surface area (Å²) in [5, 5.41) is 11.5. The van der Waals surface area contributed by atoms with Gasteiger partial charge in [-0.3, -0.25) is 9.67 Å². The molecule has 0 atom stereocenters. The summed E-state index contributed by atoms with van der Waals surface area (Å²) in [5.74, 6) is 0.954. The maximum atomic E-state index is 4.79. The lowest BCUT2D eigenvalue weighted by atomic mass is 10.1. The first-order chi connectivity index (χ1) is 12.0. The number of nitrogens with zero attached hydrogens (tertiary/aromatic N) is 4. The number of rotatable bonds is 7. The first-order valence-electron chi connectivity index (χ1n) is 9.81. The van der Waals surface area contributed by atoms with Gasteiger partial charge in [-0.1, -0.05) is 6.92 Å². The van der Waals surface area contributed by atoms with Crippen molar-refractivity contribution in [3.8, 4) is 0 Å². The number of hydrogen-bond donors (Lipinski definition) is 2. The molecular weight excluding hydrogens is 312 g/mol. The Morgan fingerprint density at radius 2 is 1.96 bits per heavy atom. The number of guanidine groups is 1. The molecule has 0 spiro atoms. The standard InChI is InChI=1S/C19H36N6/c1-6-12-25-13-9-17(10-14-25)22-19(20-7-2)21-11-8-18-15(3)23-24(5)16(18)4/h17H,6-14H2,1-5H3,(H2,20,21,22). The van der Waals surface area contributed by atoms with Crippen LogP contribution in [0.1, 0.15) is 50.1 Å². The van der Waals surface area contributed by atoms with E-state index in [0.29, 0.717) is 6.04 Å². The maximum absolute atomic E-state index is 4.79. The predicted molar refractivity (Wildman–Crippen MR) is 105 cm³/mol. The lowest BCUT2D eigenvalue weighted by Gasteiger charge is -2.32. The molecule has 1 aliphatic heterocycles. The molecule has 2 N–H and O–H groups in total. The zero-order valence-corrected chi connectivity index (χ0v) is 16.7. The largest absolute Gasteiger partial charge is 0.357 e. The third-order valence-electron chi connectivity index (χ3n) is 5.10. The fraction of sp³-hybridized carbons (Fsp3) is 0.789. The third-order valence-corrected chi connectivity index (χ3v) is 5.10. The second-order valence-electron chi connectivity index (χ2n) is 7.04. The number of piperidine rings is 1. The molecule has 1 saturated heterocycles. The van der Waals surface area contributed by atoms with E-state index in [9.17, 15) is 0 Å². The minimum absolute atomic E-state index is 0.535. The van der Waals surface area contributed by atoms with Gasteiger partial charge < -0.3 is 15.5 Å². The smallest absolute Gasteiger partial charge is 0.191 e. The van der Waals surface area contributed by atoms with E-state index in [1.54, 1.807) is 0 Å². The fourth-order valence-corrected chi connectivity index (χ4v) is 3.59. The van der Waals surface area contributed by atoms with E-state index in [1.807, 2.05) is 11.7 Å². The van der Waals surface area contributed by atoms with Gasteiger partial charge in [0.2, 0.25) is 0 Å². The Hall–Kier alpha value is -1.56. The molecule has 6 heteroatoms. The highest BCUT2D eigenvalue weighted by molar-refractivity contribution is 5.80. The van der Waals surface area contributed by atoms with Gasteiger partial charge in [0.25, 0.3) is 0 Å². The molecule has 0 saturated carbocycles. The molecule has 2 rings (SSSR count). The Balaban J connectivity index is 1.86. The SMILES string of the molecule is CCCN1CCC(NC(=NCCc2c(C)nn(C)c2C)NCC)CC1. The number of aliphatic imine (C=N–C) groups is 1.